The molecule has 3 rings (SSSR count). The lowest BCUT2D eigenvalue weighted by Gasteiger charge is -2.24. The summed E-state index contributed by atoms with van der Waals surface area (Å²) in [6.07, 6.45) is 4.15. The molecule has 2 aromatic rings. The Morgan fingerprint density at radius 2 is 2.04 bits per heavy atom. The highest BCUT2D eigenvalue weighted by Crippen LogP contribution is 2.25. The Morgan fingerprint density at radius 1 is 1.29 bits per heavy atom. The topological polar surface area (TPSA) is 76.0 Å². The van der Waals surface area contributed by atoms with Gasteiger partial charge in [0.25, 0.3) is 0 Å². The predicted molar refractivity (Wildman–Crippen MR) is 95.4 cm³/mol. The lowest BCUT2D eigenvalue weighted by Crippen LogP contribution is -2.30. The third-order valence-corrected chi connectivity index (χ3v) is 4.25. The molecule has 0 aliphatic carbocycles. The molecule has 3 N–H and O–H groups in total. The quantitative estimate of drug-likeness (QED) is 0.630. The number of hydrogen-bond donors (Lipinski definition) is 2. The molecule has 1 aliphatic rings. The highest BCUT2D eigenvalue weighted by Gasteiger charge is 2.25. The van der Waals surface area contributed by atoms with Crippen molar-refractivity contribution < 1.29 is 9.15 Å². The van der Waals surface area contributed by atoms with Crippen molar-refractivity contribution in [3.63, 3.8) is 0 Å². The number of nitrogens with two attached hydrogens (primary N) is 1. The number of methoxy groups -OCH3 is 1. The summed E-state index contributed by atoms with van der Waals surface area (Å²) in [5, 5.41) is 3.11. The second-order valence-corrected chi connectivity index (χ2v) is 5.85. The summed E-state index contributed by atoms with van der Waals surface area (Å²) in [7, 11) is 1.64. The van der Waals surface area contributed by atoms with Crippen molar-refractivity contribution in [3.05, 3.63) is 48.4 Å². The van der Waals surface area contributed by atoms with E-state index >= 15 is 0 Å². The van der Waals surface area contributed by atoms with E-state index in [1.54, 1.807) is 13.4 Å². The number of aliphatic imine (C=N–C) groups is 1. The molecule has 0 amide bonds. The fraction of sp³-hybridized carbons (Fsp3) is 0.389. The normalized spacial score (nSPS) is 17.0. The molecule has 1 aromatic carbocycles. The van der Waals surface area contributed by atoms with Crippen LogP contribution in [-0.4, -0.2) is 37.6 Å². The van der Waals surface area contributed by atoms with Crippen LogP contribution < -0.4 is 15.8 Å². The lowest BCUT2D eigenvalue weighted by atomic mass is 10.2. The molecular formula is C18H24N4O2. The summed E-state index contributed by atoms with van der Waals surface area (Å²) < 4.78 is 10.7. The van der Waals surface area contributed by atoms with Crippen LogP contribution in [0, 0.1) is 0 Å². The number of hydrogen-bond acceptors (Lipinski definition) is 4. The van der Waals surface area contributed by atoms with Gasteiger partial charge in [0.05, 0.1) is 26.0 Å². The van der Waals surface area contributed by atoms with Crippen molar-refractivity contribution in [3.8, 4) is 5.75 Å². The van der Waals surface area contributed by atoms with Gasteiger partial charge in [-0.15, -0.1) is 0 Å². The maximum atomic E-state index is 6.04. The largest absolute Gasteiger partial charge is 0.497 e. The first kappa shape index (κ1) is 16.4. The summed E-state index contributed by atoms with van der Waals surface area (Å²) in [5.74, 6) is 2.15. The molecular weight excluding hydrogens is 304 g/mol. The number of likely N-dealkylation sites (tertiary alicyclic amines) is 1. The zero-order valence-electron chi connectivity index (χ0n) is 13.9. The number of nitrogens with zero attached hydrogens (tertiary/aromatic N) is 2. The zero-order valence-corrected chi connectivity index (χ0v) is 13.9. The van der Waals surface area contributed by atoms with Crippen LogP contribution in [-0.2, 0) is 0 Å². The van der Waals surface area contributed by atoms with Gasteiger partial charge in [-0.2, -0.15) is 0 Å². The molecule has 0 radical (unpaired) electrons. The van der Waals surface area contributed by atoms with E-state index in [1.807, 2.05) is 36.4 Å². The Balaban J connectivity index is 1.64. The van der Waals surface area contributed by atoms with E-state index in [0.717, 1.165) is 30.3 Å². The van der Waals surface area contributed by atoms with Gasteiger partial charge < -0.3 is 20.2 Å². The number of benzene rings is 1. The first-order valence-corrected chi connectivity index (χ1v) is 8.24. The van der Waals surface area contributed by atoms with Gasteiger partial charge in [-0.3, -0.25) is 9.89 Å². The van der Waals surface area contributed by atoms with E-state index < -0.39 is 0 Å². The molecule has 1 aromatic heterocycles. The second kappa shape index (κ2) is 7.88. The number of guanidine groups is 1. The highest BCUT2D eigenvalue weighted by atomic mass is 16.5. The molecule has 1 fully saturated rings. The van der Waals surface area contributed by atoms with Gasteiger partial charge in [0.15, 0.2) is 5.96 Å². The average molecular weight is 328 g/mol. The Labute approximate surface area is 142 Å². The molecule has 0 bridgehead atoms. The summed E-state index contributed by atoms with van der Waals surface area (Å²) in [5.41, 5.74) is 6.92. The van der Waals surface area contributed by atoms with Gasteiger partial charge in [0.1, 0.15) is 11.5 Å². The van der Waals surface area contributed by atoms with E-state index in [2.05, 4.69) is 15.2 Å². The van der Waals surface area contributed by atoms with Crippen molar-refractivity contribution in [2.24, 2.45) is 10.7 Å². The fourth-order valence-corrected chi connectivity index (χ4v) is 2.97. The van der Waals surface area contributed by atoms with Crippen molar-refractivity contribution in [2.45, 2.75) is 18.9 Å². The Hall–Kier alpha value is -2.47. The maximum Gasteiger partial charge on any atom is 0.193 e. The first-order chi connectivity index (χ1) is 11.8. The summed E-state index contributed by atoms with van der Waals surface area (Å²) in [6, 6.07) is 11.6. The van der Waals surface area contributed by atoms with Crippen LogP contribution in [0.3, 0.4) is 0 Å². The van der Waals surface area contributed by atoms with Gasteiger partial charge in [-0.25, -0.2) is 0 Å². The molecule has 0 spiro atoms. The van der Waals surface area contributed by atoms with Crippen molar-refractivity contribution in [1.29, 1.82) is 0 Å². The second-order valence-electron chi connectivity index (χ2n) is 5.85. The van der Waals surface area contributed by atoms with E-state index in [0.29, 0.717) is 12.5 Å². The van der Waals surface area contributed by atoms with Crippen molar-refractivity contribution in [1.82, 2.24) is 4.90 Å². The third-order valence-electron chi connectivity index (χ3n) is 4.25. The smallest absolute Gasteiger partial charge is 0.193 e. The Kier molecular flexibility index (Phi) is 5.38. The van der Waals surface area contributed by atoms with E-state index in [4.69, 9.17) is 14.9 Å². The minimum Gasteiger partial charge on any atom is -0.497 e. The molecule has 0 saturated carbocycles. The van der Waals surface area contributed by atoms with Crippen LogP contribution in [0.4, 0.5) is 5.69 Å². The highest BCUT2D eigenvalue weighted by molar-refractivity contribution is 5.92. The molecule has 6 nitrogen and oxygen atoms in total. The van der Waals surface area contributed by atoms with Gasteiger partial charge in [0.2, 0.25) is 0 Å². The number of ether oxygens (including phenoxy) is 1. The maximum absolute atomic E-state index is 6.04. The molecule has 6 heteroatoms. The van der Waals surface area contributed by atoms with Gasteiger partial charge in [-0.1, -0.05) is 0 Å². The molecule has 128 valence electrons. The van der Waals surface area contributed by atoms with Crippen LogP contribution in [0.5, 0.6) is 5.75 Å². The number of anilines is 1. The van der Waals surface area contributed by atoms with E-state index in [1.165, 1.54) is 12.8 Å². The zero-order chi connectivity index (χ0) is 16.8. The van der Waals surface area contributed by atoms with E-state index in [9.17, 15) is 0 Å². The average Bonchev–Trinajstić information content (AvgIpc) is 3.30. The Morgan fingerprint density at radius 3 is 2.67 bits per heavy atom. The molecule has 1 saturated heterocycles. The van der Waals surface area contributed by atoms with Crippen LogP contribution in [0.2, 0.25) is 0 Å². The van der Waals surface area contributed by atoms with Gasteiger partial charge >= 0.3 is 0 Å². The summed E-state index contributed by atoms with van der Waals surface area (Å²) >= 11 is 0. The molecule has 1 unspecified atom stereocenters. The van der Waals surface area contributed by atoms with Crippen LogP contribution in [0.1, 0.15) is 24.6 Å². The Bertz CT molecular complexity index is 646. The summed E-state index contributed by atoms with van der Waals surface area (Å²) in [4.78, 5) is 6.92. The molecule has 1 atom stereocenters. The number of nitrogens with one attached hydrogen (secondary N) is 1. The van der Waals surface area contributed by atoms with Gasteiger partial charge in [-0.05, 0) is 62.3 Å². The SMILES string of the molecule is COc1ccc(NC(N)=NCC(c2ccco2)N2CCCC2)cc1. The van der Waals surface area contributed by atoms with Crippen LogP contribution in [0.25, 0.3) is 0 Å². The number of furan rings is 1. The molecule has 1 aliphatic heterocycles. The summed E-state index contributed by atoms with van der Waals surface area (Å²) in [6.45, 7) is 2.72. The van der Waals surface area contributed by atoms with Crippen LogP contribution in [0.15, 0.2) is 52.1 Å². The van der Waals surface area contributed by atoms with Crippen molar-refractivity contribution >= 4 is 11.6 Å². The molecule has 2 heterocycles. The minimum absolute atomic E-state index is 0.138. The van der Waals surface area contributed by atoms with Crippen molar-refractivity contribution in [2.75, 3.05) is 32.1 Å². The third kappa shape index (κ3) is 4.08. The van der Waals surface area contributed by atoms with Gasteiger partial charge in [0, 0.05) is 5.69 Å². The van der Waals surface area contributed by atoms with E-state index in [-0.39, 0.29) is 6.04 Å². The minimum atomic E-state index is 0.138. The number of rotatable bonds is 6. The lowest BCUT2D eigenvalue weighted by molar-refractivity contribution is 0.221. The first-order valence-electron chi connectivity index (χ1n) is 8.24. The monoisotopic (exact) mass is 328 g/mol. The fourth-order valence-electron chi connectivity index (χ4n) is 2.97. The standard InChI is InChI=1S/C18H24N4O2/c1-23-15-8-6-14(7-9-15)21-18(19)20-13-16(17-5-4-12-24-17)22-10-2-3-11-22/h4-9,12,16H,2-3,10-11,13H2,1H3,(H3,19,20,21). The van der Waals surface area contributed by atoms with Crippen LogP contribution >= 0.6 is 0 Å². The predicted octanol–water partition coefficient (Wildman–Crippen LogP) is 2.85. The molecule has 24 heavy (non-hydrogen) atoms.